The predicted octanol–water partition coefficient (Wildman–Crippen LogP) is 4.48. The molecule has 3 aromatic carbocycles. The van der Waals surface area contributed by atoms with E-state index in [2.05, 4.69) is 10.0 Å². The maximum atomic E-state index is 12.6. The Kier molecular flexibility index (Phi) is 7.04. The van der Waals surface area contributed by atoms with Gasteiger partial charge in [0.15, 0.2) is 6.61 Å². The minimum absolute atomic E-state index is 0.0548. The molecule has 9 heteroatoms. The Hall–Kier alpha value is -3.23. The Morgan fingerprint density at radius 2 is 1.55 bits per heavy atom. The number of nitrogens with one attached hydrogen (secondary N) is 2. The highest BCUT2D eigenvalue weighted by atomic mass is 35.5. The summed E-state index contributed by atoms with van der Waals surface area (Å²) in [4.78, 5) is 12.1. The van der Waals surface area contributed by atoms with Crippen LogP contribution in [0.2, 0.25) is 5.02 Å². The first-order chi connectivity index (χ1) is 14.8. The van der Waals surface area contributed by atoms with Gasteiger partial charge >= 0.3 is 0 Å². The lowest BCUT2D eigenvalue weighted by molar-refractivity contribution is -0.118. The van der Waals surface area contributed by atoms with Crippen LogP contribution in [-0.4, -0.2) is 28.0 Å². The molecule has 0 heterocycles. The van der Waals surface area contributed by atoms with Crippen molar-refractivity contribution in [2.75, 3.05) is 23.8 Å². The van der Waals surface area contributed by atoms with Gasteiger partial charge in [-0.3, -0.25) is 9.52 Å². The fraction of sp³-hybridized carbons (Fsp3) is 0.136. The summed E-state index contributed by atoms with van der Waals surface area (Å²) in [6.07, 6.45) is 0. The standard InChI is InChI=1S/C22H21ClN2O5S/c1-15-3-4-17(13-21(15)23)25-31(27,28)20-11-9-19(10-12-20)30-14-22(26)24-16-5-7-18(29-2)8-6-16/h3-13,25H,14H2,1-2H3,(H,24,26). The van der Waals surface area contributed by atoms with Crippen molar-refractivity contribution in [2.45, 2.75) is 11.8 Å². The van der Waals surface area contributed by atoms with Crippen LogP contribution in [0.4, 0.5) is 11.4 Å². The number of carbonyl (C=O) groups is 1. The molecule has 0 radical (unpaired) electrons. The third kappa shape index (κ3) is 6.13. The first-order valence-electron chi connectivity index (χ1n) is 9.22. The second-order valence-electron chi connectivity index (χ2n) is 6.61. The van der Waals surface area contributed by atoms with Crippen LogP contribution in [0.15, 0.2) is 71.6 Å². The van der Waals surface area contributed by atoms with Crippen molar-refractivity contribution >= 4 is 38.9 Å². The number of halogens is 1. The monoisotopic (exact) mass is 460 g/mol. The number of ether oxygens (including phenoxy) is 2. The minimum atomic E-state index is -3.79. The lowest BCUT2D eigenvalue weighted by atomic mass is 10.2. The van der Waals surface area contributed by atoms with Crippen LogP contribution >= 0.6 is 11.6 Å². The van der Waals surface area contributed by atoms with Crippen LogP contribution in [0.3, 0.4) is 0 Å². The number of rotatable bonds is 8. The minimum Gasteiger partial charge on any atom is -0.497 e. The third-order valence-electron chi connectivity index (χ3n) is 4.30. The molecule has 31 heavy (non-hydrogen) atoms. The molecular formula is C22H21ClN2O5S. The Labute approximate surface area is 186 Å². The quantitative estimate of drug-likeness (QED) is 0.517. The first-order valence-corrected chi connectivity index (χ1v) is 11.1. The third-order valence-corrected chi connectivity index (χ3v) is 6.11. The molecule has 0 aromatic heterocycles. The highest BCUT2D eigenvalue weighted by Gasteiger charge is 2.15. The van der Waals surface area contributed by atoms with E-state index in [4.69, 9.17) is 21.1 Å². The average Bonchev–Trinajstić information content (AvgIpc) is 2.75. The van der Waals surface area contributed by atoms with Gasteiger partial charge in [-0.2, -0.15) is 0 Å². The van der Waals surface area contributed by atoms with Gasteiger partial charge in [0.25, 0.3) is 15.9 Å². The van der Waals surface area contributed by atoms with E-state index < -0.39 is 10.0 Å². The topological polar surface area (TPSA) is 93.7 Å². The maximum absolute atomic E-state index is 12.6. The molecule has 0 aliphatic carbocycles. The Bertz CT molecular complexity index is 1160. The fourth-order valence-corrected chi connectivity index (χ4v) is 3.84. The van der Waals surface area contributed by atoms with Crippen LogP contribution in [0, 0.1) is 6.92 Å². The zero-order chi connectivity index (χ0) is 22.4. The molecule has 0 unspecified atom stereocenters. The molecular weight excluding hydrogens is 440 g/mol. The van der Waals surface area contributed by atoms with Gasteiger partial charge < -0.3 is 14.8 Å². The van der Waals surface area contributed by atoms with Crippen molar-refractivity contribution in [3.05, 3.63) is 77.3 Å². The molecule has 0 bridgehead atoms. The molecule has 0 aliphatic heterocycles. The normalized spacial score (nSPS) is 10.9. The predicted molar refractivity (Wildman–Crippen MR) is 121 cm³/mol. The Morgan fingerprint density at radius 1 is 0.935 bits per heavy atom. The fourth-order valence-electron chi connectivity index (χ4n) is 2.61. The molecule has 0 aliphatic rings. The van der Waals surface area contributed by atoms with E-state index in [1.165, 1.54) is 24.3 Å². The number of anilines is 2. The van der Waals surface area contributed by atoms with E-state index in [1.807, 2.05) is 6.92 Å². The summed E-state index contributed by atoms with van der Waals surface area (Å²) in [5.41, 5.74) is 1.83. The van der Waals surface area contributed by atoms with Crippen molar-refractivity contribution in [2.24, 2.45) is 0 Å². The summed E-state index contributed by atoms with van der Waals surface area (Å²) in [5, 5.41) is 3.17. The van der Waals surface area contributed by atoms with Gasteiger partial charge in [0.05, 0.1) is 17.7 Å². The molecule has 0 atom stereocenters. The summed E-state index contributed by atoms with van der Waals surface area (Å²) < 4.78 is 38.1. The summed E-state index contributed by atoms with van der Waals surface area (Å²) in [7, 11) is -2.23. The first kappa shape index (κ1) is 22.5. The van der Waals surface area contributed by atoms with Crippen molar-refractivity contribution in [1.29, 1.82) is 0 Å². The zero-order valence-corrected chi connectivity index (χ0v) is 18.5. The zero-order valence-electron chi connectivity index (χ0n) is 16.9. The summed E-state index contributed by atoms with van der Waals surface area (Å²) in [5.74, 6) is 0.700. The molecule has 3 aromatic rings. The Balaban J connectivity index is 1.57. The number of aryl methyl sites for hydroxylation is 1. The SMILES string of the molecule is COc1ccc(NC(=O)COc2ccc(S(=O)(=O)Nc3ccc(C)c(Cl)c3)cc2)cc1. The number of sulfonamides is 1. The molecule has 7 nitrogen and oxygen atoms in total. The van der Waals surface area contributed by atoms with Crippen LogP contribution in [-0.2, 0) is 14.8 Å². The number of hydrogen-bond donors (Lipinski definition) is 2. The van der Waals surface area contributed by atoms with Gasteiger partial charge in [-0.25, -0.2) is 8.42 Å². The van der Waals surface area contributed by atoms with Crippen LogP contribution in [0.1, 0.15) is 5.56 Å². The van der Waals surface area contributed by atoms with Crippen LogP contribution in [0.5, 0.6) is 11.5 Å². The van der Waals surface area contributed by atoms with Crippen molar-refractivity contribution in [3.8, 4) is 11.5 Å². The van der Waals surface area contributed by atoms with E-state index in [-0.39, 0.29) is 17.4 Å². The van der Waals surface area contributed by atoms with E-state index in [9.17, 15) is 13.2 Å². The summed E-state index contributed by atoms with van der Waals surface area (Å²) in [6, 6.07) is 17.6. The highest BCUT2D eigenvalue weighted by Crippen LogP contribution is 2.23. The lowest BCUT2D eigenvalue weighted by Gasteiger charge is -2.11. The van der Waals surface area contributed by atoms with Crippen LogP contribution in [0.25, 0.3) is 0 Å². The van der Waals surface area contributed by atoms with Crippen molar-refractivity contribution < 1.29 is 22.7 Å². The number of amides is 1. The van der Waals surface area contributed by atoms with E-state index >= 15 is 0 Å². The maximum Gasteiger partial charge on any atom is 0.262 e. The van der Waals surface area contributed by atoms with Crippen molar-refractivity contribution in [3.63, 3.8) is 0 Å². The molecule has 0 saturated carbocycles. The second-order valence-corrected chi connectivity index (χ2v) is 8.70. The largest absolute Gasteiger partial charge is 0.497 e. The average molecular weight is 461 g/mol. The van der Waals surface area contributed by atoms with Gasteiger partial charge in [0.1, 0.15) is 11.5 Å². The summed E-state index contributed by atoms with van der Waals surface area (Å²) >= 11 is 6.04. The molecule has 0 spiro atoms. The smallest absolute Gasteiger partial charge is 0.262 e. The van der Waals surface area contributed by atoms with E-state index in [0.717, 1.165) is 5.56 Å². The molecule has 162 valence electrons. The van der Waals surface area contributed by atoms with Gasteiger partial charge in [-0.05, 0) is 73.2 Å². The molecule has 0 saturated heterocycles. The molecule has 3 rings (SSSR count). The van der Waals surface area contributed by atoms with Gasteiger partial charge in [0, 0.05) is 10.7 Å². The van der Waals surface area contributed by atoms with Gasteiger partial charge in [0.2, 0.25) is 0 Å². The lowest BCUT2D eigenvalue weighted by Crippen LogP contribution is -2.20. The second kappa shape index (κ2) is 9.72. The number of carbonyl (C=O) groups excluding carboxylic acids is 1. The number of hydrogen-bond acceptors (Lipinski definition) is 5. The van der Waals surface area contributed by atoms with Crippen LogP contribution < -0.4 is 19.5 Å². The molecule has 2 N–H and O–H groups in total. The summed E-state index contributed by atoms with van der Waals surface area (Å²) in [6.45, 7) is 1.61. The van der Waals surface area contributed by atoms with E-state index in [0.29, 0.717) is 27.9 Å². The number of benzene rings is 3. The van der Waals surface area contributed by atoms with E-state index in [1.54, 1.807) is 49.6 Å². The number of methoxy groups -OCH3 is 1. The van der Waals surface area contributed by atoms with Crippen molar-refractivity contribution in [1.82, 2.24) is 0 Å². The van der Waals surface area contributed by atoms with Gasteiger partial charge in [-0.1, -0.05) is 17.7 Å². The molecule has 1 amide bonds. The Morgan fingerprint density at radius 3 is 2.16 bits per heavy atom. The molecule has 0 fully saturated rings. The van der Waals surface area contributed by atoms with Gasteiger partial charge in [-0.15, -0.1) is 0 Å². The highest BCUT2D eigenvalue weighted by molar-refractivity contribution is 7.92.